The van der Waals surface area contributed by atoms with Crippen molar-refractivity contribution >= 4 is 11.9 Å². The molecule has 3 N–H and O–H groups in total. The Kier molecular flexibility index (Phi) is 6.49. The quantitative estimate of drug-likeness (QED) is 0.674. The molecule has 0 aromatic heterocycles. The second-order valence-electron chi connectivity index (χ2n) is 7.65. The normalized spacial score (nSPS) is 24.1. The third-order valence-electron chi connectivity index (χ3n) is 6.16. The van der Waals surface area contributed by atoms with Gasteiger partial charge in [0.15, 0.2) is 0 Å². The van der Waals surface area contributed by atoms with E-state index in [9.17, 15) is 9.59 Å². The van der Waals surface area contributed by atoms with Gasteiger partial charge in [0.25, 0.3) is 0 Å². The van der Waals surface area contributed by atoms with Crippen molar-refractivity contribution in [3.63, 3.8) is 0 Å². The lowest BCUT2D eigenvalue weighted by Gasteiger charge is -2.41. The minimum atomic E-state index is -1.26. The molecule has 0 radical (unpaired) electrons. The molecule has 0 aliphatic heterocycles. The van der Waals surface area contributed by atoms with E-state index in [2.05, 4.69) is 73.0 Å². The number of fused-ring (bicyclic) bond motifs is 1. The van der Waals surface area contributed by atoms with Gasteiger partial charge in [0.05, 0.1) is 0 Å². The van der Waals surface area contributed by atoms with Gasteiger partial charge in [-0.1, -0.05) is 60.7 Å². The van der Waals surface area contributed by atoms with Crippen LogP contribution in [0.2, 0.25) is 0 Å². The fraction of sp³-hybridized carbons (Fsp3) is 0.333. The Balaban J connectivity index is 0.000000258. The molecular weight excluding hydrogens is 366 g/mol. The Morgan fingerprint density at radius 3 is 1.83 bits per heavy atom. The number of hydrogen-bond donors (Lipinski definition) is 3. The van der Waals surface area contributed by atoms with Crippen LogP contribution in [0, 0.1) is 11.8 Å². The van der Waals surface area contributed by atoms with E-state index in [0.29, 0.717) is 12.2 Å². The van der Waals surface area contributed by atoms with Crippen molar-refractivity contribution < 1.29 is 19.8 Å². The molecule has 5 nitrogen and oxygen atoms in total. The van der Waals surface area contributed by atoms with Gasteiger partial charge in [0, 0.05) is 23.6 Å². The van der Waals surface area contributed by atoms with Gasteiger partial charge in [-0.15, -0.1) is 0 Å². The first kappa shape index (κ1) is 20.8. The van der Waals surface area contributed by atoms with E-state index in [4.69, 9.17) is 10.2 Å². The van der Waals surface area contributed by atoms with Crippen molar-refractivity contribution in [2.45, 2.75) is 30.7 Å². The molecule has 2 fully saturated rings. The van der Waals surface area contributed by atoms with Gasteiger partial charge in [-0.05, 0) is 49.3 Å². The Bertz CT molecular complexity index is 807. The maximum absolute atomic E-state index is 9.55. The van der Waals surface area contributed by atoms with Crippen LogP contribution in [-0.2, 0) is 15.0 Å². The van der Waals surface area contributed by atoms with Crippen LogP contribution in [0.3, 0.4) is 0 Å². The number of aliphatic carboxylic acids is 2. The van der Waals surface area contributed by atoms with E-state index in [1.54, 1.807) is 0 Å². The number of nitrogens with one attached hydrogen (secondary N) is 1. The van der Waals surface area contributed by atoms with Gasteiger partial charge in [-0.25, -0.2) is 9.59 Å². The lowest BCUT2D eigenvalue weighted by atomic mass is 9.64. The predicted molar refractivity (Wildman–Crippen MR) is 112 cm³/mol. The van der Waals surface area contributed by atoms with Gasteiger partial charge >= 0.3 is 11.9 Å². The highest BCUT2D eigenvalue weighted by atomic mass is 16.4. The number of rotatable bonds is 5. The van der Waals surface area contributed by atoms with Gasteiger partial charge in [-0.3, -0.25) is 0 Å². The van der Waals surface area contributed by atoms with E-state index >= 15 is 0 Å². The first-order chi connectivity index (χ1) is 14.0. The van der Waals surface area contributed by atoms with Crippen LogP contribution in [0.1, 0.15) is 30.4 Å². The fourth-order valence-electron chi connectivity index (χ4n) is 4.86. The average Bonchev–Trinajstić information content (AvgIpc) is 3.55. The molecule has 2 aromatic carbocycles. The largest absolute Gasteiger partial charge is 0.478 e. The molecule has 5 heteroatoms. The van der Waals surface area contributed by atoms with Crippen molar-refractivity contribution in [3.8, 4) is 0 Å². The summed E-state index contributed by atoms with van der Waals surface area (Å²) in [7, 11) is 2.12. The van der Waals surface area contributed by atoms with Gasteiger partial charge in [0.2, 0.25) is 0 Å². The molecule has 0 amide bonds. The maximum atomic E-state index is 9.55. The smallest absolute Gasteiger partial charge is 0.328 e. The molecule has 3 unspecified atom stereocenters. The molecule has 0 saturated heterocycles. The summed E-state index contributed by atoms with van der Waals surface area (Å²) in [5.74, 6) is -0.863. The molecule has 29 heavy (non-hydrogen) atoms. The summed E-state index contributed by atoms with van der Waals surface area (Å²) in [5.41, 5.74) is 3.26. The van der Waals surface area contributed by atoms with Crippen LogP contribution in [0.5, 0.6) is 0 Å². The van der Waals surface area contributed by atoms with E-state index in [1.165, 1.54) is 30.4 Å². The molecule has 3 atom stereocenters. The molecule has 152 valence electrons. The molecular formula is C24H27NO4. The van der Waals surface area contributed by atoms with E-state index in [0.717, 1.165) is 17.9 Å². The molecule has 4 rings (SSSR count). The highest BCUT2D eigenvalue weighted by Crippen LogP contribution is 2.62. The third-order valence-corrected chi connectivity index (χ3v) is 6.16. The summed E-state index contributed by atoms with van der Waals surface area (Å²) in [4.78, 5) is 19.1. The Labute approximate surface area is 171 Å². The third kappa shape index (κ3) is 4.57. The van der Waals surface area contributed by atoms with Gasteiger partial charge in [0.1, 0.15) is 0 Å². The van der Waals surface area contributed by atoms with Crippen molar-refractivity contribution in [3.05, 3.63) is 83.9 Å². The van der Waals surface area contributed by atoms with Crippen LogP contribution >= 0.6 is 0 Å². The van der Waals surface area contributed by atoms with Crippen LogP contribution in [0.15, 0.2) is 72.8 Å². The fourth-order valence-corrected chi connectivity index (χ4v) is 4.86. The minimum Gasteiger partial charge on any atom is -0.478 e. The molecule has 2 aliphatic carbocycles. The Morgan fingerprint density at radius 2 is 1.41 bits per heavy atom. The van der Waals surface area contributed by atoms with Crippen LogP contribution in [0.25, 0.3) is 0 Å². The number of carboxylic acids is 2. The highest BCUT2D eigenvalue weighted by Gasteiger charge is 2.59. The summed E-state index contributed by atoms with van der Waals surface area (Å²) >= 11 is 0. The summed E-state index contributed by atoms with van der Waals surface area (Å²) in [5, 5.41) is 19.2. The standard InChI is InChI=1S/C20H23N.C4H4O4/c1-21-19-12-13-20(18-14-17(18)19,15-8-4-2-5-9-15)16-10-6-3-7-11-16;5-3(6)1-2-4(7)8/h2-11,17-19,21H,12-14H2,1H3;1-2H,(H,5,6)(H,7,8)/b;2-1+. The zero-order valence-corrected chi connectivity index (χ0v) is 16.5. The maximum Gasteiger partial charge on any atom is 0.328 e. The molecule has 2 aromatic rings. The molecule has 0 spiro atoms. The number of carboxylic acid groups (broad SMARTS) is 2. The Morgan fingerprint density at radius 1 is 0.931 bits per heavy atom. The zero-order chi connectivity index (χ0) is 20.9. The minimum absolute atomic E-state index is 0.237. The monoisotopic (exact) mass is 393 g/mol. The van der Waals surface area contributed by atoms with Crippen molar-refractivity contribution in [1.29, 1.82) is 0 Å². The van der Waals surface area contributed by atoms with Gasteiger partial charge < -0.3 is 15.5 Å². The topological polar surface area (TPSA) is 86.6 Å². The van der Waals surface area contributed by atoms with Crippen molar-refractivity contribution in [1.82, 2.24) is 5.32 Å². The number of benzene rings is 2. The first-order valence-corrected chi connectivity index (χ1v) is 9.91. The summed E-state index contributed by atoms with van der Waals surface area (Å²) < 4.78 is 0. The molecule has 0 bridgehead atoms. The van der Waals surface area contributed by atoms with Gasteiger partial charge in [-0.2, -0.15) is 0 Å². The van der Waals surface area contributed by atoms with Crippen molar-refractivity contribution in [2.75, 3.05) is 7.05 Å². The molecule has 0 heterocycles. The van der Waals surface area contributed by atoms with E-state index < -0.39 is 11.9 Å². The number of carbonyl (C=O) groups is 2. The van der Waals surface area contributed by atoms with Crippen LogP contribution < -0.4 is 5.32 Å². The second-order valence-corrected chi connectivity index (χ2v) is 7.65. The summed E-state index contributed by atoms with van der Waals surface area (Å²) in [6.45, 7) is 0. The number of hydrogen-bond acceptors (Lipinski definition) is 3. The molecule has 2 saturated carbocycles. The first-order valence-electron chi connectivity index (χ1n) is 9.91. The Hall–Kier alpha value is -2.92. The molecule has 2 aliphatic rings. The second kappa shape index (κ2) is 9.05. The lowest BCUT2D eigenvalue weighted by molar-refractivity contribution is -0.134. The average molecular weight is 393 g/mol. The van der Waals surface area contributed by atoms with Crippen LogP contribution in [0.4, 0.5) is 0 Å². The van der Waals surface area contributed by atoms with Crippen molar-refractivity contribution in [2.24, 2.45) is 11.8 Å². The predicted octanol–water partition coefficient (Wildman–Crippen LogP) is 3.70. The SMILES string of the molecule is CNC1CCC(c2ccccc2)(c2ccccc2)C2CC12.O=C(O)/C=C/C(=O)O. The zero-order valence-electron chi connectivity index (χ0n) is 16.5. The lowest BCUT2D eigenvalue weighted by Crippen LogP contribution is -2.41. The summed E-state index contributed by atoms with van der Waals surface area (Å²) in [6.07, 6.45) is 5.02. The highest BCUT2D eigenvalue weighted by molar-refractivity contribution is 5.89. The van der Waals surface area contributed by atoms with E-state index in [1.807, 2.05) is 0 Å². The summed E-state index contributed by atoms with van der Waals surface area (Å²) in [6, 6.07) is 23.1. The van der Waals surface area contributed by atoms with E-state index in [-0.39, 0.29) is 5.41 Å². The van der Waals surface area contributed by atoms with Crippen LogP contribution in [-0.4, -0.2) is 35.2 Å².